The first-order valence-corrected chi connectivity index (χ1v) is 8.36. The van der Waals surface area contributed by atoms with Crippen molar-refractivity contribution in [2.45, 2.75) is 45.1 Å². The Kier molecular flexibility index (Phi) is 3.76. The van der Waals surface area contributed by atoms with Crippen molar-refractivity contribution in [3.63, 3.8) is 0 Å². The van der Waals surface area contributed by atoms with E-state index in [2.05, 4.69) is 6.92 Å². The number of amides is 1. The highest BCUT2D eigenvalue weighted by molar-refractivity contribution is 7.91. The van der Waals surface area contributed by atoms with E-state index in [4.69, 9.17) is 0 Å². The van der Waals surface area contributed by atoms with Crippen LogP contribution in [0.5, 0.6) is 0 Å². The molecule has 0 aromatic heterocycles. The van der Waals surface area contributed by atoms with Gasteiger partial charge in [0.15, 0.2) is 9.84 Å². The van der Waals surface area contributed by atoms with Gasteiger partial charge in [-0.1, -0.05) is 6.92 Å². The zero-order valence-corrected chi connectivity index (χ0v) is 11.2. The molecule has 98 valence electrons. The summed E-state index contributed by atoms with van der Waals surface area (Å²) < 4.78 is 22.8. The Balaban J connectivity index is 2.04. The fourth-order valence-corrected chi connectivity index (χ4v) is 4.67. The van der Waals surface area contributed by atoms with Crippen molar-refractivity contribution in [2.24, 2.45) is 5.92 Å². The Hall–Kier alpha value is -0.580. The van der Waals surface area contributed by atoms with Gasteiger partial charge in [0, 0.05) is 12.6 Å². The number of carbonyl (C=O) groups is 1. The number of carbonyl (C=O) groups excluding carboxylic acids is 1. The molecule has 17 heavy (non-hydrogen) atoms. The molecule has 0 aromatic carbocycles. The number of rotatable bonds is 2. The smallest absolute Gasteiger partial charge is 0.226 e. The van der Waals surface area contributed by atoms with E-state index in [9.17, 15) is 13.2 Å². The predicted octanol–water partition coefficient (Wildman–Crippen LogP) is 1.21. The summed E-state index contributed by atoms with van der Waals surface area (Å²) in [4.78, 5) is 14.3. The second kappa shape index (κ2) is 4.96. The van der Waals surface area contributed by atoms with Gasteiger partial charge in [0.1, 0.15) is 0 Å². The van der Waals surface area contributed by atoms with Gasteiger partial charge in [-0.2, -0.15) is 0 Å². The van der Waals surface area contributed by atoms with E-state index in [1.165, 1.54) is 6.42 Å². The van der Waals surface area contributed by atoms with Crippen LogP contribution in [0.15, 0.2) is 0 Å². The lowest BCUT2D eigenvalue weighted by atomic mass is 9.97. The first-order valence-electron chi connectivity index (χ1n) is 6.54. The lowest BCUT2D eigenvalue weighted by Gasteiger charge is -2.36. The zero-order valence-electron chi connectivity index (χ0n) is 10.4. The molecular formula is C12H21NO3S. The predicted molar refractivity (Wildman–Crippen MR) is 66.4 cm³/mol. The molecule has 2 aliphatic rings. The molecule has 2 rings (SSSR count). The summed E-state index contributed by atoms with van der Waals surface area (Å²) in [5.41, 5.74) is 0. The monoisotopic (exact) mass is 259 g/mol. The number of hydrogen-bond acceptors (Lipinski definition) is 3. The minimum Gasteiger partial charge on any atom is -0.339 e. The van der Waals surface area contributed by atoms with Crippen molar-refractivity contribution in [2.75, 3.05) is 18.1 Å². The Morgan fingerprint density at radius 3 is 2.65 bits per heavy atom. The van der Waals surface area contributed by atoms with Crippen molar-refractivity contribution in [1.29, 1.82) is 0 Å². The van der Waals surface area contributed by atoms with Gasteiger partial charge in [0.2, 0.25) is 5.91 Å². The maximum Gasteiger partial charge on any atom is 0.226 e. The summed E-state index contributed by atoms with van der Waals surface area (Å²) in [6.07, 6.45) is 4.81. The Labute approximate surface area is 103 Å². The maximum absolute atomic E-state index is 12.3. The topological polar surface area (TPSA) is 54.5 Å². The average molecular weight is 259 g/mol. The summed E-state index contributed by atoms with van der Waals surface area (Å²) in [6.45, 7) is 2.91. The van der Waals surface area contributed by atoms with Crippen LogP contribution >= 0.6 is 0 Å². The van der Waals surface area contributed by atoms with E-state index in [0.29, 0.717) is 12.5 Å². The lowest BCUT2D eigenvalue weighted by Crippen LogP contribution is -2.46. The molecular weight excluding hydrogens is 238 g/mol. The SMILES string of the molecule is CCC1CCCCN1C(=O)C1CCS(=O)(=O)C1. The van der Waals surface area contributed by atoms with Crippen LogP contribution in [0.3, 0.4) is 0 Å². The van der Waals surface area contributed by atoms with Crippen LogP contribution in [-0.4, -0.2) is 43.3 Å². The van der Waals surface area contributed by atoms with Crippen LogP contribution in [0.2, 0.25) is 0 Å². The molecule has 0 radical (unpaired) electrons. The highest BCUT2D eigenvalue weighted by atomic mass is 32.2. The van der Waals surface area contributed by atoms with E-state index in [-0.39, 0.29) is 23.3 Å². The average Bonchev–Trinajstić information content (AvgIpc) is 2.68. The maximum atomic E-state index is 12.3. The van der Waals surface area contributed by atoms with Crippen molar-refractivity contribution < 1.29 is 13.2 Å². The second-order valence-electron chi connectivity index (χ2n) is 5.19. The lowest BCUT2D eigenvalue weighted by molar-refractivity contribution is -0.138. The summed E-state index contributed by atoms with van der Waals surface area (Å²) in [6, 6.07) is 0.333. The third-order valence-electron chi connectivity index (χ3n) is 3.96. The number of hydrogen-bond donors (Lipinski definition) is 0. The van der Waals surface area contributed by atoms with Crippen LogP contribution in [-0.2, 0) is 14.6 Å². The molecule has 1 amide bonds. The van der Waals surface area contributed by atoms with E-state index in [0.717, 1.165) is 25.8 Å². The molecule has 2 heterocycles. The highest BCUT2D eigenvalue weighted by Gasteiger charge is 2.37. The van der Waals surface area contributed by atoms with Crippen LogP contribution in [0.25, 0.3) is 0 Å². The quantitative estimate of drug-likeness (QED) is 0.749. The minimum absolute atomic E-state index is 0.0682. The van der Waals surface area contributed by atoms with Crippen LogP contribution in [0.4, 0.5) is 0 Å². The van der Waals surface area contributed by atoms with Gasteiger partial charge in [-0.3, -0.25) is 4.79 Å². The third kappa shape index (κ3) is 2.81. The molecule has 2 unspecified atom stereocenters. The first kappa shape index (κ1) is 12.9. The normalized spacial score (nSPS) is 32.6. The molecule has 0 N–H and O–H groups in total. The number of nitrogens with zero attached hydrogens (tertiary/aromatic N) is 1. The van der Waals surface area contributed by atoms with Gasteiger partial charge in [-0.15, -0.1) is 0 Å². The second-order valence-corrected chi connectivity index (χ2v) is 7.42. The van der Waals surface area contributed by atoms with Crippen LogP contribution < -0.4 is 0 Å². The Bertz CT molecular complexity index is 391. The van der Waals surface area contributed by atoms with E-state index in [1.54, 1.807) is 0 Å². The summed E-state index contributed by atoms with van der Waals surface area (Å²) in [7, 11) is -2.95. The molecule has 0 bridgehead atoms. The first-order chi connectivity index (χ1) is 8.03. The van der Waals surface area contributed by atoms with Gasteiger partial charge < -0.3 is 4.90 Å². The molecule has 2 fully saturated rings. The summed E-state index contributed by atoms with van der Waals surface area (Å²) in [5, 5.41) is 0. The number of likely N-dealkylation sites (tertiary alicyclic amines) is 1. The third-order valence-corrected chi connectivity index (χ3v) is 5.73. The largest absolute Gasteiger partial charge is 0.339 e. The molecule has 2 saturated heterocycles. The van der Waals surface area contributed by atoms with Gasteiger partial charge in [-0.25, -0.2) is 8.42 Å². The van der Waals surface area contributed by atoms with Crippen molar-refractivity contribution >= 4 is 15.7 Å². The van der Waals surface area contributed by atoms with E-state index in [1.807, 2.05) is 4.90 Å². The molecule has 0 aromatic rings. The fraction of sp³-hybridized carbons (Fsp3) is 0.917. The van der Waals surface area contributed by atoms with Crippen molar-refractivity contribution in [3.8, 4) is 0 Å². The molecule has 0 saturated carbocycles. The molecule has 4 nitrogen and oxygen atoms in total. The minimum atomic E-state index is -2.95. The molecule has 2 aliphatic heterocycles. The van der Waals surface area contributed by atoms with Crippen molar-refractivity contribution in [1.82, 2.24) is 4.90 Å². The number of piperidine rings is 1. The van der Waals surface area contributed by atoms with Gasteiger partial charge in [0.25, 0.3) is 0 Å². The molecule has 0 aliphatic carbocycles. The molecule has 2 atom stereocenters. The Morgan fingerprint density at radius 1 is 1.29 bits per heavy atom. The van der Waals surface area contributed by atoms with Crippen LogP contribution in [0, 0.1) is 5.92 Å². The number of sulfone groups is 1. The van der Waals surface area contributed by atoms with E-state index < -0.39 is 9.84 Å². The van der Waals surface area contributed by atoms with E-state index >= 15 is 0 Å². The Morgan fingerprint density at radius 2 is 2.06 bits per heavy atom. The molecule has 0 spiro atoms. The highest BCUT2D eigenvalue weighted by Crippen LogP contribution is 2.26. The fourth-order valence-electron chi connectivity index (χ4n) is 2.94. The van der Waals surface area contributed by atoms with Gasteiger partial charge in [-0.05, 0) is 32.1 Å². The zero-order chi connectivity index (χ0) is 12.5. The van der Waals surface area contributed by atoms with Crippen LogP contribution in [0.1, 0.15) is 39.0 Å². The van der Waals surface area contributed by atoms with Crippen molar-refractivity contribution in [3.05, 3.63) is 0 Å². The summed E-state index contributed by atoms with van der Waals surface area (Å²) >= 11 is 0. The van der Waals surface area contributed by atoms with Gasteiger partial charge in [0.05, 0.1) is 17.4 Å². The molecule has 5 heteroatoms. The van der Waals surface area contributed by atoms with Gasteiger partial charge >= 0.3 is 0 Å². The standard InChI is InChI=1S/C12H21NO3S/c1-2-11-5-3-4-7-13(11)12(14)10-6-8-17(15,16)9-10/h10-11H,2-9H2,1H3. The summed E-state index contributed by atoms with van der Waals surface area (Å²) in [5.74, 6) is 0.0667.